The molecule has 3 N–H and O–H groups in total. The Labute approximate surface area is 177 Å². The molecule has 0 atom stereocenters. The van der Waals surface area contributed by atoms with Gasteiger partial charge in [0.15, 0.2) is 9.84 Å². The summed E-state index contributed by atoms with van der Waals surface area (Å²) in [6, 6.07) is 8.91. The number of hydrazine groups is 1. The number of nitrogens with one attached hydrogen (secondary N) is 3. The molecule has 31 heavy (non-hydrogen) atoms. The van der Waals surface area contributed by atoms with Gasteiger partial charge >= 0.3 is 12.3 Å². The quantitative estimate of drug-likeness (QED) is 0.516. The second-order valence-corrected chi connectivity index (χ2v) is 9.38. The molecule has 1 fully saturated rings. The maximum atomic E-state index is 12.7. The van der Waals surface area contributed by atoms with E-state index in [0.29, 0.717) is 18.4 Å². The van der Waals surface area contributed by atoms with E-state index in [9.17, 15) is 26.8 Å². The summed E-state index contributed by atoms with van der Waals surface area (Å²) in [5, 5.41) is 3.06. The number of alkyl halides is 2. The van der Waals surface area contributed by atoms with Gasteiger partial charge in [-0.25, -0.2) is 18.4 Å². The molecule has 1 saturated carbocycles. The van der Waals surface area contributed by atoms with Crippen LogP contribution in [-0.2, 0) is 20.4 Å². The number of rotatable bonds is 8. The summed E-state index contributed by atoms with van der Waals surface area (Å²) >= 11 is 0. The van der Waals surface area contributed by atoms with Crippen LogP contribution in [0.15, 0.2) is 42.7 Å². The second-order valence-electron chi connectivity index (χ2n) is 7.32. The molecule has 0 saturated heterocycles. The summed E-state index contributed by atoms with van der Waals surface area (Å²) < 4.78 is 49.7. The van der Waals surface area contributed by atoms with Crippen molar-refractivity contribution >= 4 is 27.6 Å². The molecule has 1 aromatic carbocycles. The molecule has 2 amide bonds. The van der Waals surface area contributed by atoms with Gasteiger partial charge in [-0.2, -0.15) is 8.78 Å². The standard InChI is InChI=1S/C19H21F2N5O4S/c20-15(21)17(28)26-25-16(27)14-9-22-18(23-10-14)24-19(7-4-8-19)12-31(29,30)11-13-5-2-1-3-6-13/h1-3,5-6,9-10,15H,4,7-8,11-12H2,(H,25,27)(H,26,28)(H,22,23,24). The fourth-order valence-electron chi connectivity index (χ4n) is 3.20. The minimum atomic E-state index is -3.40. The normalized spacial score (nSPS) is 15.1. The smallest absolute Gasteiger partial charge is 0.317 e. The highest BCUT2D eigenvalue weighted by Gasteiger charge is 2.41. The lowest BCUT2D eigenvalue weighted by Crippen LogP contribution is -2.51. The van der Waals surface area contributed by atoms with Crippen LogP contribution in [0.25, 0.3) is 0 Å². The summed E-state index contributed by atoms with van der Waals surface area (Å²) in [7, 11) is -3.40. The van der Waals surface area contributed by atoms with E-state index in [-0.39, 0.29) is 23.0 Å². The van der Waals surface area contributed by atoms with Gasteiger partial charge in [-0.15, -0.1) is 0 Å². The number of amides is 2. The van der Waals surface area contributed by atoms with Crippen LogP contribution in [-0.4, -0.2) is 47.9 Å². The minimum Gasteiger partial charge on any atom is -0.348 e. The Kier molecular flexibility index (Phi) is 6.78. The van der Waals surface area contributed by atoms with Gasteiger partial charge in [-0.1, -0.05) is 30.3 Å². The molecule has 12 heteroatoms. The van der Waals surface area contributed by atoms with Gasteiger partial charge < -0.3 is 5.32 Å². The zero-order valence-electron chi connectivity index (χ0n) is 16.3. The molecule has 1 aliphatic rings. The average molecular weight is 453 g/mol. The first kappa shape index (κ1) is 22.5. The third-order valence-electron chi connectivity index (χ3n) is 4.82. The van der Waals surface area contributed by atoms with Gasteiger partial charge in [-0.3, -0.25) is 20.4 Å². The molecule has 0 radical (unpaired) electrons. The number of halogens is 2. The summed E-state index contributed by atoms with van der Waals surface area (Å²) in [5.74, 6) is -2.52. The zero-order valence-corrected chi connectivity index (χ0v) is 17.2. The molecule has 1 aliphatic carbocycles. The van der Waals surface area contributed by atoms with Crippen LogP contribution in [0.2, 0.25) is 0 Å². The number of anilines is 1. The van der Waals surface area contributed by atoms with Crippen molar-refractivity contribution < 1.29 is 26.8 Å². The van der Waals surface area contributed by atoms with E-state index in [4.69, 9.17) is 0 Å². The Hall–Kier alpha value is -3.15. The SMILES string of the molecule is O=C(NNC(=O)C(F)F)c1cnc(NC2(CS(=O)(=O)Cc3ccccc3)CCC2)nc1. The van der Waals surface area contributed by atoms with E-state index in [0.717, 1.165) is 18.8 Å². The van der Waals surface area contributed by atoms with E-state index in [1.54, 1.807) is 29.7 Å². The van der Waals surface area contributed by atoms with Gasteiger partial charge in [0.05, 0.1) is 22.6 Å². The van der Waals surface area contributed by atoms with Gasteiger partial charge in [0.25, 0.3) is 5.91 Å². The number of carbonyl (C=O) groups is 2. The van der Waals surface area contributed by atoms with Crippen molar-refractivity contribution in [1.29, 1.82) is 0 Å². The molecule has 0 bridgehead atoms. The summed E-state index contributed by atoms with van der Waals surface area (Å²) in [4.78, 5) is 30.6. The number of carbonyl (C=O) groups excluding carboxylic acids is 2. The predicted molar refractivity (Wildman–Crippen MR) is 108 cm³/mol. The number of nitrogens with zero attached hydrogens (tertiary/aromatic N) is 2. The number of hydrogen-bond donors (Lipinski definition) is 3. The van der Waals surface area contributed by atoms with E-state index >= 15 is 0 Å². The number of hydrogen-bond acceptors (Lipinski definition) is 7. The minimum absolute atomic E-state index is 0.0679. The van der Waals surface area contributed by atoms with Gasteiger partial charge in [0, 0.05) is 12.4 Å². The van der Waals surface area contributed by atoms with Crippen molar-refractivity contribution in [2.24, 2.45) is 0 Å². The van der Waals surface area contributed by atoms with Gasteiger partial charge in [0.1, 0.15) is 0 Å². The second kappa shape index (κ2) is 9.33. The van der Waals surface area contributed by atoms with E-state index in [1.807, 2.05) is 11.5 Å². The highest BCUT2D eigenvalue weighted by molar-refractivity contribution is 7.90. The third-order valence-corrected chi connectivity index (χ3v) is 6.59. The van der Waals surface area contributed by atoms with Crippen molar-refractivity contribution in [3.63, 3.8) is 0 Å². The monoisotopic (exact) mass is 453 g/mol. The largest absolute Gasteiger partial charge is 0.348 e. The Morgan fingerprint density at radius 1 is 1.06 bits per heavy atom. The van der Waals surface area contributed by atoms with E-state index in [2.05, 4.69) is 15.3 Å². The molecular formula is C19H21F2N5O4S. The fourth-order valence-corrected chi connectivity index (χ4v) is 5.21. The maximum absolute atomic E-state index is 12.7. The number of sulfone groups is 1. The first-order chi connectivity index (χ1) is 14.7. The van der Waals surface area contributed by atoms with Crippen LogP contribution >= 0.6 is 0 Å². The number of aromatic nitrogens is 2. The highest BCUT2D eigenvalue weighted by Crippen LogP contribution is 2.36. The van der Waals surface area contributed by atoms with Crippen molar-refractivity contribution in [3.8, 4) is 0 Å². The first-order valence-electron chi connectivity index (χ1n) is 9.41. The molecular weight excluding hydrogens is 432 g/mol. The fraction of sp³-hybridized carbons (Fsp3) is 0.368. The first-order valence-corrected chi connectivity index (χ1v) is 11.2. The Bertz CT molecular complexity index is 1030. The lowest BCUT2D eigenvalue weighted by Gasteiger charge is -2.42. The molecule has 166 valence electrons. The summed E-state index contributed by atoms with van der Waals surface area (Å²) in [6.07, 6.45) is 1.14. The van der Waals surface area contributed by atoms with Crippen LogP contribution in [0.3, 0.4) is 0 Å². The van der Waals surface area contributed by atoms with Crippen LogP contribution in [0.4, 0.5) is 14.7 Å². The average Bonchev–Trinajstić information content (AvgIpc) is 2.70. The van der Waals surface area contributed by atoms with Crippen LogP contribution in [0.1, 0.15) is 35.2 Å². The van der Waals surface area contributed by atoms with Gasteiger partial charge in [-0.05, 0) is 24.8 Å². The van der Waals surface area contributed by atoms with Gasteiger partial charge in [0.2, 0.25) is 5.95 Å². The predicted octanol–water partition coefficient (Wildman–Crippen LogP) is 1.45. The Balaban J connectivity index is 1.61. The summed E-state index contributed by atoms with van der Waals surface area (Å²) in [5.41, 5.74) is 3.35. The van der Waals surface area contributed by atoms with Crippen molar-refractivity contribution in [2.45, 2.75) is 37.0 Å². The highest BCUT2D eigenvalue weighted by atomic mass is 32.2. The van der Waals surface area contributed by atoms with Crippen LogP contribution in [0, 0.1) is 0 Å². The molecule has 3 rings (SSSR count). The van der Waals surface area contributed by atoms with Crippen LogP contribution < -0.4 is 16.2 Å². The molecule has 0 spiro atoms. The molecule has 0 unspecified atom stereocenters. The summed E-state index contributed by atoms with van der Waals surface area (Å²) in [6.45, 7) is 0. The van der Waals surface area contributed by atoms with Crippen molar-refractivity contribution in [3.05, 3.63) is 53.9 Å². The van der Waals surface area contributed by atoms with Crippen molar-refractivity contribution in [1.82, 2.24) is 20.8 Å². The third kappa shape index (κ3) is 6.17. The Morgan fingerprint density at radius 3 is 2.26 bits per heavy atom. The molecule has 1 aromatic heterocycles. The lowest BCUT2D eigenvalue weighted by atomic mass is 9.78. The number of benzene rings is 1. The van der Waals surface area contributed by atoms with E-state index < -0.39 is 33.6 Å². The van der Waals surface area contributed by atoms with Crippen molar-refractivity contribution in [2.75, 3.05) is 11.1 Å². The molecule has 1 heterocycles. The maximum Gasteiger partial charge on any atom is 0.317 e. The zero-order chi connectivity index (χ0) is 22.5. The molecule has 2 aromatic rings. The van der Waals surface area contributed by atoms with E-state index in [1.165, 1.54) is 0 Å². The van der Waals surface area contributed by atoms with Crippen LogP contribution in [0.5, 0.6) is 0 Å². The topological polar surface area (TPSA) is 130 Å². The Morgan fingerprint density at radius 2 is 1.71 bits per heavy atom. The molecule has 0 aliphatic heterocycles. The molecule has 9 nitrogen and oxygen atoms in total. The lowest BCUT2D eigenvalue weighted by molar-refractivity contribution is -0.132.